The minimum atomic E-state index is -0.376. The Morgan fingerprint density at radius 3 is 2.24 bits per heavy atom. The van der Waals surface area contributed by atoms with Crippen LogP contribution in [0.25, 0.3) is 0 Å². The van der Waals surface area contributed by atoms with Crippen LogP contribution in [0.3, 0.4) is 0 Å². The van der Waals surface area contributed by atoms with Crippen LogP contribution in [0.15, 0.2) is 24.3 Å². The fraction of sp³-hybridized carbons (Fsp3) is 0.700. The van der Waals surface area contributed by atoms with Gasteiger partial charge in [0.2, 0.25) is 0 Å². The highest BCUT2D eigenvalue weighted by Crippen LogP contribution is 2.45. The number of hydrogen-bond acceptors (Lipinski definition) is 1. The van der Waals surface area contributed by atoms with Gasteiger partial charge in [0.15, 0.2) is 0 Å². The normalized spacial score (nSPS) is 28.4. The number of benzene rings is 1. The van der Waals surface area contributed by atoms with Crippen molar-refractivity contribution in [3.63, 3.8) is 0 Å². The van der Waals surface area contributed by atoms with E-state index in [-0.39, 0.29) is 5.60 Å². The van der Waals surface area contributed by atoms with Crippen LogP contribution < -0.4 is 0 Å². The van der Waals surface area contributed by atoms with Gasteiger partial charge in [-0.1, -0.05) is 45.0 Å². The lowest BCUT2D eigenvalue weighted by Crippen LogP contribution is -2.25. The zero-order valence-corrected chi connectivity index (χ0v) is 13.9. The highest BCUT2D eigenvalue weighted by atomic mass is 16.3. The van der Waals surface area contributed by atoms with Gasteiger partial charge in [0.05, 0.1) is 5.60 Å². The van der Waals surface area contributed by atoms with Crippen LogP contribution in [0.1, 0.15) is 76.3 Å². The lowest BCUT2D eigenvalue weighted by atomic mass is 9.68. The summed E-state index contributed by atoms with van der Waals surface area (Å²) in [5.41, 5.74) is 2.99. The molecule has 0 aliphatic heterocycles. The summed E-state index contributed by atoms with van der Waals surface area (Å²) in [6.45, 7) is 7.15. The molecule has 3 rings (SSSR count). The number of aliphatic hydroxyl groups is 1. The van der Waals surface area contributed by atoms with Gasteiger partial charge in [-0.15, -0.1) is 0 Å². The van der Waals surface area contributed by atoms with Crippen LogP contribution in [0, 0.1) is 11.3 Å². The van der Waals surface area contributed by atoms with Crippen LogP contribution in [0.5, 0.6) is 0 Å². The van der Waals surface area contributed by atoms with E-state index in [0.717, 1.165) is 25.2 Å². The van der Waals surface area contributed by atoms with Gasteiger partial charge >= 0.3 is 0 Å². The van der Waals surface area contributed by atoms with Gasteiger partial charge in [-0.2, -0.15) is 0 Å². The van der Waals surface area contributed by atoms with E-state index in [1.807, 2.05) is 0 Å². The van der Waals surface area contributed by atoms with Crippen molar-refractivity contribution in [2.75, 3.05) is 0 Å². The summed E-state index contributed by atoms with van der Waals surface area (Å²) in [7, 11) is 0. The van der Waals surface area contributed by atoms with Crippen molar-refractivity contribution in [2.24, 2.45) is 11.3 Å². The summed E-state index contributed by atoms with van der Waals surface area (Å²) in [4.78, 5) is 0. The molecule has 21 heavy (non-hydrogen) atoms. The fourth-order valence-electron chi connectivity index (χ4n) is 4.04. The molecule has 0 saturated heterocycles. The zero-order chi connectivity index (χ0) is 15.1. The average molecular weight is 286 g/mol. The average Bonchev–Trinajstić information content (AvgIpc) is 3.16. The molecule has 1 heteroatoms. The van der Waals surface area contributed by atoms with E-state index in [1.165, 1.54) is 36.8 Å². The molecule has 0 heterocycles. The maximum atomic E-state index is 10.3. The maximum absolute atomic E-state index is 10.3. The molecule has 2 saturated carbocycles. The number of hydrogen-bond donors (Lipinski definition) is 1. The molecule has 1 aromatic rings. The number of rotatable bonds is 3. The predicted octanol–water partition coefficient (Wildman–Crippen LogP) is 5.07. The van der Waals surface area contributed by atoms with Crippen molar-refractivity contribution in [3.05, 3.63) is 35.4 Å². The summed E-state index contributed by atoms with van der Waals surface area (Å²) < 4.78 is 0. The summed E-state index contributed by atoms with van der Waals surface area (Å²) in [6.07, 6.45) is 8.17. The second-order valence-electron chi connectivity index (χ2n) is 8.51. The van der Waals surface area contributed by atoms with Crippen LogP contribution >= 0.6 is 0 Å². The van der Waals surface area contributed by atoms with Crippen molar-refractivity contribution in [1.29, 1.82) is 0 Å². The van der Waals surface area contributed by atoms with E-state index < -0.39 is 0 Å². The first-order chi connectivity index (χ1) is 9.87. The van der Waals surface area contributed by atoms with E-state index in [2.05, 4.69) is 45.0 Å². The maximum Gasteiger partial charge on any atom is 0.0690 e. The second-order valence-corrected chi connectivity index (χ2v) is 8.51. The van der Waals surface area contributed by atoms with Crippen molar-refractivity contribution in [3.8, 4) is 0 Å². The molecule has 1 nitrogen and oxygen atoms in total. The molecule has 0 amide bonds. The fourth-order valence-corrected chi connectivity index (χ4v) is 4.04. The lowest BCUT2D eigenvalue weighted by Gasteiger charge is -2.37. The standard InChI is InChI=1S/C20H30O/c1-19(2,3)17-10-8-15(9-11-17)18-7-5-4-6-16(18)14-20(21)12-13-20/h4-7,15,17,21H,8-14H2,1-3H3. The molecule has 0 atom stereocenters. The molecule has 0 unspecified atom stereocenters. The second kappa shape index (κ2) is 5.43. The van der Waals surface area contributed by atoms with Gasteiger partial charge in [0.25, 0.3) is 0 Å². The molecular weight excluding hydrogens is 256 g/mol. The zero-order valence-electron chi connectivity index (χ0n) is 13.9. The summed E-state index contributed by atoms with van der Waals surface area (Å²) in [6, 6.07) is 8.85. The Labute approximate surface area is 129 Å². The molecular formula is C20H30O. The van der Waals surface area contributed by atoms with Crippen molar-refractivity contribution in [2.45, 2.75) is 77.2 Å². The van der Waals surface area contributed by atoms with E-state index >= 15 is 0 Å². The third kappa shape index (κ3) is 3.51. The Bertz CT molecular complexity index is 485. The Morgan fingerprint density at radius 2 is 1.67 bits per heavy atom. The van der Waals surface area contributed by atoms with Crippen LogP contribution in [0.2, 0.25) is 0 Å². The molecule has 2 fully saturated rings. The lowest BCUT2D eigenvalue weighted by molar-refractivity contribution is 0.149. The summed E-state index contributed by atoms with van der Waals surface area (Å²) in [5.74, 6) is 1.58. The third-order valence-electron chi connectivity index (χ3n) is 5.79. The first-order valence-corrected chi connectivity index (χ1v) is 8.68. The minimum absolute atomic E-state index is 0.376. The molecule has 1 N–H and O–H groups in total. The first kappa shape index (κ1) is 15.1. The quantitative estimate of drug-likeness (QED) is 0.822. The van der Waals surface area contributed by atoms with Gasteiger partial charge in [-0.3, -0.25) is 0 Å². The molecule has 116 valence electrons. The third-order valence-corrected chi connectivity index (χ3v) is 5.79. The molecule has 2 aliphatic carbocycles. The Balaban J connectivity index is 1.70. The van der Waals surface area contributed by atoms with Gasteiger partial charge in [-0.05, 0) is 66.9 Å². The Kier molecular flexibility index (Phi) is 3.90. The van der Waals surface area contributed by atoms with Crippen LogP contribution in [-0.2, 0) is 6.42 Å². The molecule has 0 aromatic heterocycles. The van der Waals surface area contributed by atoms with Crippen LogP contribution in [-0.4, -0.2) is 10.7 Å². The smallest absolute Gasteiger partial charge is 0.0690 e. The van der Waals surface area contributed by atoms with Crippen LogP contribution in [0.4, 0.5) is 0 Å². The van der Waals surface area contributed by atoms with Crippen molar-refractivity contribution < 1.29 is 5.11 Å². The summed E-state index contributed by atoms with van der Waals surface area (Å²) in [5, 5.41) is 10.3. The highest BCUT2D eigenvalue weighted by Gasteiger charge is 2.41. The van der Waals surface area contributed by atoms with Crippen molar-refractivity contribution >= 4 is 0 Å². The molecule has 2 aliphatic rings. The van der Waals surface area contributed by atoms with Gasteiger partial charge in [0, 0.05) is 6.42 Å². The van der Waals surface area contributed by atoms with Gasteiger partial charge in [0.1, 0.15) is 0 Å². The SMILES string of the molecule is CC(C)(C)C1CCC(c2ccccc2CC2(O)CC2)CC1. The highest BCUT2D eigenvalue weighted by molar-refractivity contribution is 5.33. The first-order valence-electron chi connectivity index (χ1n) is 8.68. The van der Waals surface area contributed by atoms with Gasteiger partial charge < -0.3 is 5.11 Å². The molecule has 1 aromatic carbocycles. The largest absolute Gasteiger partial charge is 0.390 e. The summed E-state index contributed by atoms with van der Waals surface area (Å²) >= 11 is 0. The topological polar surface area (TPSA) is 20.2 Å². The van der Waals surface area contributed by atoms with E-state index in [4.69, 9.17) is 0 Å². The predicted molar refractivity (Wildman–Crippen MR) is 88.5 cm³/mol. The minimum Gasteiger partial charge on any atom is -0.390 e. The molecule has 0 bridgehead atoms. The van der Waals surface area contributed by atoms with Crippen molar-refractivity contribution in [1.82, 2.24) is 0 Å². The van der Waals surface area contributed by atoms with E-state index in [1.54, 1.807) is 0 Å². The monoisotopic (exact) mass is 286 g/mol. The van der Waals surface area contributed by atoms with E-state index in [0.29, 0.717) is 11.3 Å². The van der Waals surface area contributed by atoms with Gasteiger partial charge in [-0.25, -0.2) is 0 Å². The Hall–Kier alpha value is -0.820. The molecule has 0 radical (unpaired) electrons. The Morgan fingerprint density at radius 1 is 1.05 bits per heavy atom. The van der Waals surface area contributed by atoms with E-state index in [9.17, 15) is 5.11 Å². The molecule has 0 spiro atoms.